The van der Waals surface area contributed by atoms with Crippen LogP contribution in [-0.4, -0.2) is 23.3 Å². The molecule has 0 bridgehead atoms. The number of carbonyl (C=O) groups is 2. The predicted molar refractivity (Wildman–Crippen MR) is 92.4 cm³/mol. The average Bonchev–Trinajstić information content (AvgIpc) is 3.03. The first-order valence-electron chi connectivity index (χ1n) is 8.07. The third kappa shape index (κ3) is 3.02. The first-order chi connectivity index (χ1) is 11.5. The lowest BCUT2D eigenvalue weighted by Gasteiger charge is -2.28. The molecular formula is C19H21N3O2. The molecule has 0 spiro atoms. The highest BCUT2D eigenvalue weighted by atomic mass is 16.2. The van der Waals surface area contributed by atoms with E-state index in [1.165, 1.54) is 0 Å². The molecule has 0 aliphatic carbocycles. The molecule has 1 aromatic heterocycles. The fraction of sp³-hybridized carbons (Fsp3) is 0.316. The van der Waals surface area contributed by atoms with Gasteiger partial charge in [0.25, 0.3) is 0 Å². The zero-order valence-electron chi connectivity index (χ0n) is 14.0. The van der Waals surface area contributed by atoms with Crippen LogP contribution in [0.3, 0.4) is 0 Å². The maximum atomic E-state index is 12.9. The molecule has 0 unspecified atom stereocenters. The number of anilines is 1. The van der Waals surface area contributed by atoms with Gasteiger partial charge in [-0.3, -0.25) is 14.6 Å². The number of nitrogens with one attached hydrogen (secondary N) is 1. The summed E-state index contributed by atoms with van der Waals surface area (Å²) < 4.78 is 0. The summed E-state index contributed by atoms with van der Waals surface area (Å²) in [6.45, 7) is 4.33. The lowest BCUT2D eigenvalue weighted by atomic mass is 9.90. The van der Waals surface area contributed by atoms with E-state index in [4.69, 9.17) is 0 Å². The summed E-state index contributed by atoms with van der Waals surface area (Å²) in [5, 5.41) is 2.84. The number of amides is 2. The molecular weight excluding hydrogens is 302 g/mol. The number of hydrogen-bond acceptors (Lipinski definition) is 3. The largest absolute Gasteiger partial charge is 0.351 e. The van der Waals surface area contributed by atoms with Gasteiger partial charge in [-0.1, -0.05) is 24.3 Å². The summed E-state index contributed by atoms with van der Waals surface area (Å²) in [6, 6.07) is 11.6. The van der Waals surface area contributed by atoms with E-state index in [2.05, 4.69) is 10.3 Å². The highest BCUT2D eigenvalue weighted by Gasteiger charge is 2.41. The maximum Gasteiger partial charge on any atom is 0.242 e. The van der Waals surface area contributed by atoms with Crippen molar-refractivity contribution in [2.45, 2.75) is 26.8 Å². The molecule has 0 atom stereocenters. The highest BCUT2D eigenvalue weighted by Crippen LogP contribution is 2.31. The molecule has 5 nitrogen and oxygen atoms in total. The monoisotopic (exact) mass is 323 g/mol. The van der Waals surface area contributed by atoms with Gasteiger partial charge in [0.1, 0.15) is 5.41 Å². The number of benzene rings is 1. The summed E-state index contributed by atoms with van der Waals surface area (Å²) in [6.07, 6.45) is 4.21. The lowest BCUT2D eigenvalue weighted by molar-refractivity contribution is -0.139. The van der Waals surface area contributed by atoms with Crippen LogP contribution < -0.4 is 10.2 Å². The second-order valence-corrected chi connectivity index (χ2v) is 6.50. The molecule has 1 N–H and O–H groups in total. The molecule has 1 aliphatic heterocycles. The third-order valence-electron chi connectivity index (χ3n) is 4.41. The highest BCUT2D eigenvalue weighted by molar-refractivity contribution is 6.11. The summed E-state index contributed by atoms with van der Waals surface area (Å²) in [5.41, 5.74) is 1.84. The van der Waals surface area contributed by atoms with E-state index in [1.807, 2.05) is 36.4 Å². The van der Waals surface area contributed by atoms with Gasteiger partial charge in [-0.15, -0.1) is 0 Å². The van der Waals surface area contributed by atoms with Gasteiger partial charge in [-0.2, -0.15) is 0 Å². The number of rotatable bonds is 4. The van der Waals surface area contributed by atoms with Gasteiger partial charge in [0.05, 0.1) is 0 Å². The minimum Gasteiger partial charge on any atom is -0.351 e. The van der Waals surface area contributed by atoms with Gasteiger partial charge >= 0.3 is 0 Å². The molecule has 0 radical (unpaired) electrons. The van der Waals surface area contributed by atoms with Crippen molar-refractivity contribution in [3.8, 4) is 0 Å². The van der Waals surface area contributed by atoms with Gasteiger partial charge in [0.15, 0.2) is 0 Å². The maximum absolute atomic E-state index is 12.9. The second-order valence-electron chi connectivity index (χ2n) is 6.50. The van der Waals surface area contributed by atoms with E-state index in [9.17, 15) is 9.59 Å². The van der Waals surface area contributed by atoms with Gasteiger partial charge in [0, 0.05) is 31.2 Å². The van der Waals surface area contributed by atoms with Crippen molar-refractivity contribution < 1.29 is 9.59 Å². The van der Waals surface area contributed by atoms with E-state index in [0.717, 1.165) is 23.2 Å². The molecule has 2 amide bonds. The molecule has 5 heteroatoms. The topological polar surface area (TPSA) is 62.3 Å². The fourth-order valence-electron chi connectivity index (χ4n) is 2.89. The van der Waals surface area contributed by atoms with Crippen LogP contribution in [0.15, 0.2) is 48.8 Å². The molecule has 3 rings (SSSR count). The molecule has 124 valence electrons. The van der Waals surface area contributed by atoms with Crippen LogP contribution >= 0.6 is 0 Å². The standard InChI is InChI=1S/C19H21N3O2/c1-19(2,17(23)21-13-14-6-5-10-20-12-14)18(24)22-11-9-15-7-3-4-8-16(15)22/h3-8,10,12H,9,11,13H2,1-2H3,(H,21,23). The third-order valence-corrected chi connectivity index (χ3v) is 4.41. The Morgan fingerprint density at radius 1 is 1.21 bits per heavy atom. The smallest absolute Gasteiger partial charge is 0.242 e. The molecule has 24 heavy (non-hydrogen) atoms. The van der Waals surface area contributed by atoms with Crippen LogP contribution in [0.4, 0.5) is 5.69 Å². The molecule has 0 fully saturated rings. The molecule has 2 heterocycles. The molecule has 0 saturated heterocycles. The second kappa shape index (κ2) is 6.43. The quantitative estimate of drug-likeness (QED) is 0.878. The van der Waals surface area contributed by atoms with Crippen molar-refractivity contribution in [3.05, 3.63) is 59.9 Å². The van der Waals surface area contributed by atoms with Crippen LogP contribution in [0, 0.1) is 5.41 Å². The Bertz CT molecular complexity index is 756. The SMILES string of the molecule is CC(C)(C(=O)NCc1cccnc1)C(=O)N1CCc2ccccc21. The van der Waals surface area contributed by atoms with E-state index in [1.54, 1.807) is 31.1 Å². The van der Waals surface area contributed by atoms with Crippen molar-refractivity contribution in [2.24, 2.45) is 5.41 Å². The molecule has 2 aromatic rings. The van der Waals surface area contributed by atoms with Crippen molar-refractivity contribution in [3.63, 3.8) is 0 Å². The van der Waals surface area contributed by atoms with E-state index >= 15 is 0 Å². The minimum atomic E-state index is -1.13. The fourth-order valence-corrected chi connectivity index (χ4v) is 2.89. The van der Waals surface area contributed by atoms with Crippen LogP contribution in [0.1, 0.15) is 25.0 Å². The Labute approximate surface area is 141 Å². The van der Waals surface area contributed by atoms with Crippen LogP contribution in [-0.2, 0) is 22.6 Å². The summed E-state index contributed by atoms with van der Waals surface area (Å²) >= 11 is 0. The Morgan fingerprint density at radius 3 is 2.75 bits per heavy atom. The van der Waals surface area contributed by atoms with E-state index < -0.39 is 5.41 Å². The van der Waals surface area contributed by atoms with Crippen molar-refractivity contribution >= 4 is 17.5 Å². The van der Waals surface area contributed by atoms with Crippen LogP contribution in [0.25, 0.3) is 0 Å². The number of hydrogen-bond donors (Lipinski definition) is 1. The van der Waals surface area contributed by atoms with Gasteiger partial charge in [-0.05, 0) is 43.5 Å². The Kier molecular flexibility index (Phi) is 4.34. The zero-order valence-corrected chi connectivity index (χ0v) is 14.0. The average molecular weight is 323 g/mol. The zero-order chi connectivity index (χ0) is 17.2. The van der Waals surface area contributed by atoms with E-state index in [-0.39, 0.29) is 11.8 Å². The lowest BCUT2D eigenvalue weighted by Crippen LogP contribution is -2.49. The molecule has 1 aromatic carbocycles. The van der Waals surface area contributed by atoms with Crippen molar-refractivity contribution in [1.82, 2.24) is 10.3 Å². The predicted octanol–water partition coefficient (Wildman–Crippen LogP) is 2.31. The Hall–Kier alpha value is -2.69. The Balaban J connectivity index is 1.70. The van der Waals surface area contributed by atoms with Crippen molar-refractivity contribution in [1.29, 1.82) is 0 Å². The summed E-state index contributed by atoms with van der Waals surface area (Å²) in [5.74, 6) is -0.447. The van der Waals surface area contributed by atoms with E-state index in [0.29, 0.717) is 13.1 Å². The number of nitrogens with zero attached hydrogens (tertiary/aromatic N) is 2. The first kappa shape index (κ1) is 16.2. The molecule has 1 aliphatic rings. The number of para-hydroxylation sites is 1. The van der Waals surface area contributed by atoms with Crippen LogP contribution in [0.2, 0.25) is 0 Å². The van der Waals surface area contributed by atoms with Gasteiger partial charge < -0.3 is 10.2 Å². The number of aromatic nitrogens is 1. The minimum absolute atomic E-state index is 0.170. The summed E-state index contributed by atoms with van der Waals surface area (Å²) in [7, 11) is 0. The Morgan fingerprint density at radius 2 is 2.00 bits per heavy atom. The number of carbonyl (C=O) groups excluding carboxylic acids is 2. The first-order valence-corrected chi connectivity index (χ1v) is 8.07. The van der Waals surface area contributed by atoms with Gasteiger partial charge in [-0.25, -0.2) is 0 Å². The number of pyridine rings is 1. The van der Waals surface area contributed by atoms with Gasteiger partial charge in [0.2, 0.25) is 11.8 Å². The number of fused-ring (bicyclic) bond motifs is 1. The van der Waals surface area contributed by atoms with Crippen molar-refractivity contribution in [2.75, 3.05) is 11.4 Å². The normalized spacial score (nSPS) is 13.5. The van der Waals surface area contributed by atoms with Crippen LogP contribution in [0.5, 0.6) is 0 Å². The molecule has 0 saturated carbocycles. The summed E-state index contributed by atoms with van der Waals surface area (Å²) in [4.78, 5) is 31.2.